The Balaban J connectivity index is 1.50. The Kier molecular flexibility index (Phi) is 6.23. The second-order valence-corrected chi connectivity index (χ2v) is 6.55. The van der Waals surface area contributed by atoms with E-state index in [9.17, 15) is 9.59 Å². The maximum absolute atomic E-state index is 12.3. The van der Waals surface area contributed by atoms with Crippen LogP contribution < -0.4 is 10.6 Å². The molecule has 0 aromatic carbocycles. The SMILES string of the molecule is CCc1nc(CCNC(=O)C[C@H]2C(=O)NCCN2Cc2ccc(C)o2)no1. The van der Waals surface area contributed by atoms with E-state index in [0.717, 1.165) is 11.5 Å². The number of carbonyl (C=O) groups excluding carboxylic acids is 2. The van der Waals surface area contributed by atoms with Crippen LogP contribution in [-0.2, 0) is 29.0 Å². The highest BCUT2D eigenvalue weighted by Crippen LogP contribution is 2.15. The molecule has 0 unspecified atom stereocenters. The van der Waals surface area contributed by atoms with Crippen LogP contribution in [0.1, 0.15) is 36.6 Å². The first kappa shape index (κ1) is 19.1. The van der Waals surface area contributed by atoms with Gasteiger partial charge in [0.05, 0.1) is 19.0 Å². The number of aryl methyl sites for hydroxylation is 2. The van der Waals surface area contributed by atoms with Crippen LogP contribution >= 0.6 is 0 Å². The number of hydrogen-bond acceptors (Lipinski definition) is 7. The Bertz CT molecular complexity index is 784. The molecule has 3 heterocycles. The molecule has 1 fully saturated rings. The first-order valence-electron chi connectivity index (χ1n) is 9.20. The van der Waals surface area contributed by atoms with Gasteiger partial charge >= 0.3 is 0 Å². The molecule has 1 saturated heterocycles. The molecule has 146 valence electrons. The molecule has 0 aliphatic carbocycles. The summed E-state index contributed by atoms with van der Waals surface area (Å²) in [6.07, 6.45) is 1.26. The average Bonchev–Trinajstić information content (AvgIpc) is 3.27. The number of furan rings is 1. The van der Waals surface area contributed by atoms with Gasteiger partial charge in [-0.25, -0.2) is 0 Å². The normalized spacial score (nSPS) is 17.7. The molecule has 27 heavy (non-hydrogen) atoms. The smallest absolute Gasteiger partial charge is 0.237 e. The fourth-order valence-corrected chi connectivity index (χ4v) is 3.04. The first-order chi connectivity index (χ1) is 13.0. The van der Waals surface area contributed by atoms with Gasteiger partial charge in [-0.15, -0.1) is 0 Å². The van der Waals surface area contributed by atoms with Crippen LogP contribution in [0.5, 0.6) is 0 Å². The van der Waals surface area contributed by atoms with Crippen molar-refractivity contribution in [2.24, 2.45) is 0 Å². The van der Waals surface area contributed by atoms with E-state index in [4.69, 9.17) is 8.94 Å². The van der Waals surface area contributed by atoms with Gasteiger partial charge in [-0.2, -0.15) is 4.98 Å². The Morgan fingerprint density at radius 3 is 3.00 bits per heavy atom. The van der Waals surface area contributed by atoms with Crippen molar-refractivity contribution in [2.45, 2.75) is 45.7 Å². The monoisotopic (exact) mass is 375 g/mol. The number of piperazine rings is 1. The summed E-state index contributed by atoms with van der Waals surface area (Å²) in [4.78, 5) is 30.8. The molecule has 2 aromatic heterocycles. The summed E-state index contributed by atoms with van der Waals surface area (Å²) in [5.74, 6) is 2.45. The van der Waals surface area contributed by atoms with Crippen LogP contribution in [0.4, 0.5) is 0 Å². The molecule has 1 aliphatic rings. The summed E-state index contributed by atoms with van der Waals surface area (Å²) in [6, 6.07) is 3.28. The third-order valence-corrected chi connectivity index (χ3v) is 4.46. The van der Waals surface area contributed by atoms with Gasteiger partial charge < -0.3 is 19.6 Å². The summed E-state index contributed by atoms with van der Waals surface area (Å²) in [5.41, 5.74) is 0. The van der Waals surface area contributed by atoms with E-state index < -0.39 is 6.04 Å². The number of rotatable bonds is 8. The summed E-state index contributed by atoms with van der Waals surface area (Å²) in [7, 11) is 0. The van der Waals surface area contributed by atoms with Crippen molar-refractivity contribution in [1.29, 1.82) is 0 Å². The van der Waals surface area contributed by atoms with Crippen molar-refractivity contribution < 1.29 is 18.5 Å². The largest absolute Gasteiger partial charge is 0.465 e. The standard InChI is InChI=1S/C18H25N5O4/c1-3-17-21-15(22-27-17)6-7-19-16(24)10-14-18(25)20-8-9-23(14)11-13-5-4-12(2)26-13/h4-5,14H,3,6-11H2,1-2H3,(H,19,24)(H,20,25)/t14-/m0/s1. The van der Waals surface area contributed by atoms with Gasteiger partial charge in [0.2, 0.25) is 17.7 Å². The second kappa shape index (κ2) is 8.81. The van der Waals surface area contributed by atoms with E-state index >= 15 is 0 Å². The molecule has 2 amide bonds. The molecule has 2 aromatic rings. The lowest BCUT2D eigenvalue weighted by atomic mass is 10.1. The van der Waals surface area contributed by atoms with E-state index in [-0.39, 0.29) is 18.2 Å². The van der Waals surface area contributed by atoms with E-state index in [1.165, 1.54) is 0 Å². The molecular formula is C18H25N5O4. The number of carbonyl (C=O) groups is 2. The maximum atomic E-state index is 12.3. The molecule has 1 aliphatic heterocycles. The van der Waals surface area contributed by atoms with E-state index in [1.807, 2.05) is 30.9 Å². The summed E-state index contributed by atoms with van der Waals surface area (Å²) in [5, 5.41) is 9.50. The van der Waals surface area contributed by atoms with Gasteiger partial charge in [0, 0.05) is 32.5 Å². The van der Waals surface area contributed by atoms with Crippen molar-refractivity contribution in [3.8, 4) is 0 Å². The molecule has 1 atom stereocenters. The molecule has 0 saturated carbocycles. The number of nitrogens with zero attached hydrogens (tertiary/aromatic N) is 3. The van der Waals surface area contributed by atoms with E-state index in [0.29, 0.717) is 50.7 Å². The first-order valence-corrected chi connectivity index (χ1v) is 9.20. The lowest BCUT2D eigenvalue weighted by molar-refractivity contribution is -0.134. The third-order valence-electron chi connectivity index (χ3n) is 4.46. The fraction of sp³-hybridized carbons (Fsp3) is 0.556. The molecular weight excluding hydrogens is 350 g/mol. The van der Waals surface area contributed by atoms with Crippen LogP contribution in [0.2, 0.25) is 0 Å². The Hall–Kier alpha value is -2.68. The van der Waals surface area contributed by atoms with Crippen LogP contribution in [0, 0.1) is 6.92 Å². The van der Waals surface area contributed by atoms with Gasteiger partial charge in [0.1, 0.15) is 11.5 Å². The van der Waals surface area contributed by atoms with Gasteiger partial charge in [-0.3, -0.25) is 14.5 Å². The highest BCUT2D eigenvalue weighted by atomic mass is 16.5. The zero-order valence-corrected chi connectivity index (χ0v) is 15.7. The second-order valence-electron chi connectivity index (χ2n) is 6.55. The topological polar surface area (TPSA) is 114 Å². The lowest BCUT2D eigenvalue weighted by Crippen LogP contribution is -2.56. The fourth-order valence-electron chi connectivity index (χ4n) is 3.04. The zero-order valence-electron chi connectivity index (χ0n) is 15.7. The van der Waals surface area contributed by atoms with E-state index in [2.05, 4.69) is 20.8 Å². The van der Waals surface area contributed by atoms with Gasteiger partial charge in [-0.05, 0) is 19.1 Å². The Labute approximate surface area is 157 Å². The number of nitrogens with one attached hydrogen (secondary N) is 2. The highest BCUT2D eigenvalue weighted by Gasteiger charge is 2.32. The molecule has 3 rings (SSSR count). The average molecular weight is 375 g/mol. The predicted molar refractivity (Wildman–Crippen MR) is 95.7 cm³/mol. The van der Waals surface area contributed by atoms with Crippen molar-refractivity contribution in [3.05, 3.63) is 35.4 Å². The van der Waals surface area contributed by atoms with Gasteiger partial charge in [0.15, 0.2) is 5.82 Å². The van der Waals surface area contributed by atoms with E-state index in [1.54, 1.807) is 0 Å². The van der Waals surface area contributed by atoms with Crippen LogP contribution in [-0.4, -0.2) is 52.5 Å². The van der Waals surface area contributed by atoms with Gasteiger partial charge in [-0.1, -0.05) is 12.1 Å². The quantitative estimate of drug-likeness (QED) is 0.694. The van der Waals surface area contributed by atoms with Crippen molar-refractivity contribution in [3.63, 3.8) is 0 Å². The predicted octanol–water partition coefficient (Wildman–Crippen LogP) is 0.583. The van der Waals surface area contributed by atoms with Gasteiger partial charge in [0.25, 0.3) is 0 Å². The minimum atomic E-state index is -0.513. The minimum Gasteiger partial charge on any atom is -0.465 e. The molecule has 0 radical (unpaired) electrons. The summed E-state index contributed by atoms with van der Waals surface area (Å²) < 4.78 is 10.6. The number of hydrogen-bond donors (Lipinski definition) is 2. The van der Waals surface area contributed by atoms with Crippen molar-refractivity contribution in [2.75, 3.05) is 19.6 Å². The highest BCUT2D eigenvalue weighted by molar-refractivity contribution is 5.88. The lowest BCUT2D eigenvalue weighted by Gasteiger charge is -2.34. The summed E-state index contributed by atoms with van der Waals surface area (Å²) in [6.45, 7) is 5.95. The van der Waals surface area contributed by atoms with Crippen molar-refractivity contribution >= 4 is 11.8 Å². The molecule has 0 bridgehead atoms. The van der Waals surface area contributed by atoms with Crippen molar-refractivity contribution in [1.82, 2.24) is 25.7 Å². The molecule has 2 N–H and O–H groups in total. The zero-order chi connectivity index (χ0) is 19.2. The maximum Gasteiger partial charge on any atom is 0.237 e. The Morgan fingerprint density at radius 2 is 2.30 bits per heavy atom. The Morgan fingerprint density at radius 1 is 1.44 bits per heavy atom. The number of aromatic nitrogens is 2. The molecule has 9 heteroatoms. The molecule has 0 spiro atoms. The summed E-state index contributed by atoms with van der Waals surface area (Å²) >= 11 is 0. The van der Waals surface area contributed by atoms with Crippen LogP contribution in [0.15, 0.2) is 21.1 Å². The van der Waals surface area contributed by atoms with Crippen LogP contribution in [0.25, 0.3) is 0 Å². The van der Waals surface area contributed by atoms with Crippen LogP contribution in [0.3, 0.4) is 0 Å². The number of amides is 2. The third kappa shape index (κ3) is 5.16. The molecule has 9 nitrogen and oxygen atoms in total. The minimum absolute atomic E-state index is 0.0952.